The molecule has 146 valence electrons. The van der Waals surface area contributed by atoms with Crippen LogP contribution in [0.2, 0.25) is 0 Å². The molecule has 8 nitrogen and oxygen atoms in total. The average molecular weight is 388 g/mol. The van der Waals surface area contributed by atoms with Gasteiger partial charge in [-0.25, -0.2) is 14.0 Å². The summed E-state index contributed by atoms with van der Waals surface area (Å²) < 4.78 is 4.29. The fourth-order valence-electron chi connectivity index (χ4n) is 3.16. The number of benzene rings is 1. The second-order valence-electron chi connectivity index (χ2n) is 6.70. The molecule has 0 spiro atoms. The molecule has 5 N–H and O–H groups in total. The first kappa shape index (κ1) is 18.4. The van der Waals surface area contributed by atoms with Crippen molar-refractivity contribution in [2.75, 3.05) is 6.54 Å². The van der Waals surface area contributed by atoms with E-state index in [4.69, 9.17) is 5.73 Å². The summed E-state index contributed by atoms with van der Waals surface area (Å²) in [5, 5.41) is 4.18. The number of nitrogens with two attached hydrogens (primary N) is 1. The fourth-order valence-corrected chi connectivity index (χ4v) is 3.16. The molecule has 3 aromatic heterocycles. The van der Waals surface area contributed by atoms with Gasteiger partial charge >= 0.3 is 5.96 Å². The Morgan fingerprint density at radius 1 is 1.31 bits per heavy atom. The topological polar surface area (TPSA) is 102 Å². The Hall–Kier alpha value is -3.94. The highest BCUT2D eigenvalue weighted by molar-refractivity contribution is 5.82. The molecule has 29 heavy (non-hydrogen) atoms. The number of hydrogen-bond acceptors (Lipinski definition) is 2. The van der Waals surface area contributed by atoms with Gasteiger partial charge in [0.15, 0.2) is 5.69 Å². The van der Waals surface area contributed by atoms with Gasteiger partial charge in [0, 0.05) is 29.9 Å². The van der Waals surface area contributed by atoms with Gasteiger partial charge in [-0.05, 0) is 23.8 Å². The highest BCUT2D eigenvalue weighted by atomic mass is 15.3. The Kier molecular flexibility index (Phi) is 5.33. The molecule has 0 radical (unpaired) electrons. The van der Waals surface area contributed by atoms with Crippen molar-refractivity contribution in [3.63, 3.8) is 0 Å². The predicted octanol–water partition coefficient (Wildman–Crippen LogP) is -0.285. The monoisotopic (exact) mass is 388 g/mol. The summed E-state index contributed by atoms with van der Waals surface area (Å²) in [7, 11) is 2.07. The van der Waals surface area contributed by atoms with Gasteiger partial charge in [0.25, 0.3) is 5.65 Å². The second-order valence-corrected chi connectivity index (χ2v) is 6.70. The lowest BCUT2D eigenvalue weighted by atomic mass is 10.1. The number of aromatic amines is 1. The van der Waals surface area contributed by atoms with E-state index in [1.807, 2.05) is 24.3 Å². The number of fused-ring (bicyclic) bond motifs is 1. The Balaban J connectivity index is 1.37. The molecule has 4 rings (SSSR count). The van der Waals surface area contributed by atoms with Gasteiger partial charge in [0.1, 0.15) is 6.20 Å². The van der Waals surface area contributed by atoms with Crippen molar-refractivity contribution in [1.82, 2.24) is 20.0 Å². The van der Waals surface area contributed by atoms with E-state index in [1.165, 1.54) is 0 Å². The number of aromatic nitrogens is 4. The van der Waals surface area contributed by atoms with Gasteiger partial charge in [-0.2, -0.15) is 5.43 Å². The zero-order valence-electron chi connectivity index (χ0n) is 16.2. The van der Waals surface area contributed by atoms with Crippen LogP contribution in [-0.2, 0) is 13.5 Å². The number of aryl methyl sites for hydroxylation is 1. The number of pyridine rings is 1. The van der Waals surface area contributed by atoms with E-state index < -0.39 is 0 Å². The quantitative estimate of drug-likeness (QED) is 0.158. The summed E-state index contributed by atoms with van der Waals surface area (Å²) in [6, 6.07) is 14.4. The van der Waals surface area contributed by atoms with Gasteiger partial charge in [-0.3, -0.25) is 10.7 Å². The normalized spacial score (nSPS) is 12.1. The molecule has 8 heteroatoms. The number of hydrazone groups is 1. The molecule has 0 aliphatic rings. The number of nitrogens with one attached hydrogen (secondary N) is 3. The first-order valence-corrected chi connectivity index (χ1v) is 9.39. The number of rotatable bonds is 6. The van der Waals surface area contributed by atoms with Crippen LogP contribution in [0.5, 0.6) is 0 Å². The van der Waals surface area contributed by atoms with E-state index in [1.54, 1.807) is 18.7 Å². The number of hydrogen-bond donors (Lipinski definition) is 4. The second kappa shape index (κ2) is 8.39. The van der Waals surface area contributed by atoms with Gasteiger partial charge in [-0.15, -0.1) is 5.10 Å². The Morgan fingerprint density at radius 2 is 2.17 bits per heavy atom. The summed E-state index contributed by atoms with van der Waals surface area (Å²) in [5.41, 5.74) is 14.2. The number of guanidine groups is 1. The van der Waals surface area contributed by atoms with Crippen LogP contribution in [0, 0.1) is 0 Å². The molecular weight excluding hydrogens is 364 g/mol. The number of imidazole rings is 2. The molecule has 4 aromatic rings. The van der Waals surface area contributed by atoms with Crippen LogP contribution in [-0.4, -0.2) is 33.3 Å². The minimum absolute atomic E-state index is 0.407. The predicted molar refractivity (Wildman–Crippen MR) is 112 cm³/mol. The maximum Gasteiger partial charge on any atom is 0.365 e. The standard InChI is InChI=1S/C21H23N8/c1-28-19(14-29-11-3-2-4-20(28)29)17-7-5-16(6-8-17)12-26-27-21(22)24-10-9-18-13-23-15-25-18/h2-8,11-15H,9-10H2,1H3,(H,23,25)(H3,22,24,27)/q+1/p+1/b26-12-. The molecule has 0 aliphatic carbocycles. The van der Waals surface area contributed by atoms with Crippen LogP contribution in [0.3, 0.4) is 0 Å². The Morgan fingerprint density at radius 3 is 2.93 bits per heavy atom. The van der Waals surface area contributed by atoms with Crippen molar-refractivity contribution < 1.29 is 9.39 Å². The maximum atomic E-state index is 5.88. The van der Waals surface area contributed by atoms with Gasteiger partial charge in [0.05, 0.1) is 32.3 Å². The van der Waals surface area contributed by atoms with Crippen LogP contribution in [0.25, 0.3) is 16.9 Å². The maximum absolute atomic E-state index is 5.88. The van der Waals surface area contributed by atoms with Crippen molar-refractivity contribution in [1.29, 1.82) is 0 Å². The third-order valence-electron chi connectivity index (χ3n) is 4.70. The van der Waals surface area contributed by atoms with Crippen molar-refractivity contribution >= 4 is 17.8 Å². The average Bonchev–Trinajstić information content (AvgIpc) is 3.37. The summed E-state index contributed by atoms with van der Waals surface area (Å²) >= 11 is 0. The largest absolute Gasteiger partial charge is 0.365 e. The van der Waals surface area contributed by atoms with Crippen molar-refractivity contribution in [3.05, 3.63) is 78.6 Å². The van der Waals surface area contributed by atoms with Crippen LogP contribution >= 0.6 is 0 Å². The molecule has 3 heterocycles. The third-order valence-corrected chi connectivity index (χ3v) is 4.70. The molecule has 1 aromatic carbocycles. The molecule has 0 saturated heterocycles. The van der Waals surface area contributed by atoms with Crippen molar-refractivity contribution in [2.24, 2.45) is 17.9 Å². The van der Waals surface area contributed by atoms with E-state index in [2.05, 4.69) is 72.1 Å². The molecule has 0 bridgehead atoms. The minimum Gasteiger partial charge on any atom is -0.348 e. The lowest BCUT2D eigenvalue weighted by Gasteiger charge is -1.98. The summed E-state index contributed by atoms with van der Waals surface area (Å²) in [5.74, 6) is 0.407. The first-order valence-electron chi connectivity index (χ1n) is 9.39. The Labute approximate surface area is 168 Å². The summed E-state index contributed by atoms with van der Waals surface area (Å²) in [6.07, 6.45) is 10.2. The van der Waals surface area contributed by atoms with Crippen LogP contribution in [0.1, 0.15) is 11.3 Å². The lowest BCUT2D eigenvalue weighted by Crippen LogP contribution is -2.78. The SMILES string of the molecule is Cn1c(-c2ccc(/C=N\NC(N)=[NH+]CCc3cnc[nH]3)cc2)c[n+]2ccccc12. The first-order chi connectivity index (χ1) is 14.2. The van der Waals surface area contributed by atoms with Crippen molar-refractivity contribution in [2.45, 2.75) is 6.42 Å². The van der Waals surface area contributed by atoms with Gasteiger partial charge in [0.2, 0.25) is 0 Å². The van der Waals surface area contributed by atoms with E-state index in [0.717, 1.165) is 34.6 Å². The van der Waals surface area contributed by atoms with Gasteiger partial charge < -0.3 is 4.98 Å². The molecule has 0 amide bonds. The van der Waals surface area contributed by atoms with Gasteiger partial charge in [-0.1, -0.05) is 18.2 Å². The summed E-state index contributed by atoms with van der Waals surface area (Å²) in [6.45, 7) is 0.689. The zero-order valence-corrected chi connectivity index (χ0v) is 16.2. The zero-order chi connectivity index (χ0) is 20.1. The van der Waals surface area contributed by atoms with Crippen molar-refractivity contribution in [3.8, 4) is 11.3 Å². The van der Waals surface area contributed by atoms with E-state index >= 15 is 0 Å². The molecule has 0 unspecified atom stereocenters. The highest BCUT2D eigenvalue weighted by Gasteiger charge is 2.14. The third kappa shape index (κ3) is 4.32. The van der Waals surface area contributed by atoms with E-state index in [0.29, 0.717) is 12.5 Å². The molecule has 0 atom stereocenters. The molecular formula is C21H24N8+2. The minimum atomic E-state index is 0.407. The molecule has 0 saturated carbocycles. The smallest absolute Gasteiger partial charge is 0.348 e. The number of H-pyrrole nitrogens is 1. The van der Waals surface area contributed by atoms with Crippen LogP contribution < -0.4 is 20.6 Å². The Bertz CT molecular complexity index is 1140. The number of nitrogens with zero attached hydrogens (tertiary/aromatic N) is 4. The molecule has 0 aliphatic heterocycles. The van der Waals surface area contributed by atoms with Crippen LogP contribution in [0.15, 0.2) is 72.5 Å². The lowest BCUT2D eigenvalue weighted by molar-refractivity contribution is -0.510. The van der Waals surface area contributed by atoms with E-state index in [9.17, 15) is 0 Å². The molecule has 0 fully saturated rings. The van der Waals surface area contributed by atoms with E-state index in [-0.39, 0.29) is 0 Å². The highest BCUT2D eigenvalue weighted by Crippen LogP contribution is 2.19. The van der Waals surface area contributed by atoms with Crippen LogP contribution in [0.4, 0.5) is 0 Å². The fraction of sp³-hybridized carbons (Fsp3) is 0.143. The summed E-state index contributed by atoms with van der Waals surface area (Å²) in [4.78, 5) is 10.1.